The van der Waals surface area contributed by atoms with Gasteiger partial charge in [0.25, 0.3) is 0 Å². The first-order chi connectivity index (χ1) is 13.2. The number of rotatable bonds is 1. The molecule has 96 valence electrons. The Morgan fingerprint density at radius 2 is 1.45 bits per heavy atom. The van der Waals surface area contributed by atoms with Crippen LogP contribution in [0, 0.1) is 0 Å². The predicted molar refractivity (Wildman–Crippen MR) is 85.8 cm³/mol. The Labute approximate surface area is 133 Å². The van der Waals surface area contributed by atoms with Crippen molar-refractivity contribution in [2.45, 2.75) is 0 Å². The average molecular weight is 286 g/mol. The molecule has 1 nitrogen and oxygen atoms in total. The molecule has 0 amide bonds. The fourth-order valence-corrected chi connectivity index (χ4v) is 2.48. The van der Waals surface area contributed by atoms with Crippen molar-refractivity contribution in [3.8, 4) is 5.69 Å². The molecule has 2 heteroatoms. The summed E-state index contributed by atoms with van der Waals surface area (Å²) in [6, 6.07) is 3.35. The molecule has 0 aliphatic carbocycles. The van der Waals surface area contributed by atoms with E-state index in [0.717, 1.165) is 0 Å². The molecule has 0 aliphatic heterocycles. The maximum Gasteiger partial charge on any atom is 0.0645 e. The number of para-hydroxylation sites is 2. The minimum atomic E-state index is -0.463. The third-order valence-electron chi connectivity index (χ3n) is 3.10. The highest BCUT2D eigenvalue weighted by Gasteiger charge is 2.10. The molecule has 0 fully saturated rings. The average Bonchev–Trinajstić information content (AvgIpc) is 3.03. The van der Waals surface area contributed by atoms with Crippen molar-refractivity contribution in [1.29, 1.82) is 0 Å². The van der Waals surface area contributed by atoms with Gasteiger partial charge in [0.05, 0.1) is 22.0 Å². The molecule has 4 aromatic rings. The molecule has 0 saturated heterocycles. The molecule has 1 aromatic heterocycles. The summed E-state index contributed by atoms with van der Waals surface area (Å²) < 4.78 is 66.9. The standard InChI is InChI=1S/C18H12ClN/c19-13-6-5-7-14(12-13)20-17-10-3-1-8-15(17)16-9-2-4-11-18(16)20/h1-12H/i1D,2D,3D,4D,8D,9D,10D,11D. The van der Waals surface area contributed by atoms with Crippen LogP contribution in [0.2, 0.25) is 5.02 Å². The molecule has 0 radical (unpaired) electrons. The van der Waals surface area contributed by atoms with Crippen molar-refractivity contribution in [1.82, 2.24) is 4.57 Å². The molecule has 0 N–H and O–H groups in total. The summed E-state index contributed by atoms with van der Waals surface area (Å²) in [5.74, 6) is 0. The Balaban J connectivity index is 2.44. The topological polar surface area (TPSA) is 4.93 Å². The van der Waals surface area contributed by atoms with E-state index in [0.29, 0.717) is 10.7 Å². The lowest BCUT2D eigenvalue weighted by atomic mass is 10.2. The second kappa shape index (κ2) is 4.39. The maximum atomic E-state index is 8.39. The Kier molecular flexibility index (Phi) is 1.32. The minimum absolute atomic E-state index is 0.0491. The van der Waals surface area contributed by atoms with E-state index in [2.05, 4.69) is 0 Å². The van der Waals surface area contributed by atoms with E-state index in [1.165, 1.54) is 4.57 Å². The zero-order valence-electron chi connectivity index (χ0n) is 18.1. The first-order valence-electron chi connectivity index (χ1n) is 9.93. The largest absolute Gasteiger partial charge is 0.309 e. The third-order valence-corrected chi connectivity index (χ3v) is 3.33. The zero-order valence-corrected chi connectivity index (χ0v) is 10.9. The Morgan fingerprint density at radius 3 is 2.05 bits per heavy atom. The van der Waals surface area contributed by atoms with Crippen molar-refractivity contribution in [3.05, 3.63) is 77.6 Å². The summed E-state index contributed by atoms with van der Waals surface area (Å²) in [6.07, 6.45) is 0. The molecular weight excluding hydrogens is 266 g/mol. The van der Waals surface area contributed by atoms with E-state index in [4.69, 9.17) is 22.6 Å². The molecule has 3 aromatic carbocycles. The summed E-state index contributed by atoms with van der Waals surface area (Å²) in [5, 5.41) is 0.482. The highest BCUT2D eigenvalue weighted by molar-refractivity contribution is 6.30. The van der Waals surface area contributed by atoms with Crippen molar-refractivity contribution < 1.29 is 11.0 Å². The van der Waals surface area contributed by atoms with Crippen LogP contribution in [0.5, 0.6) is 0 Å². The van der Waals surface area contributed by atoms with Gasteiger partial charge in [-0.15, -0.1) is 0 Å². The van der Waals surface area contributed by atoms with Crippen molar-refractivity contribution >= 4 is 33.4 Å². The van der Waals surface area contributed by atoms with Gasteiger partial charge in [0.1, 0.15) is 0 Å². The fourth-order valence-electron chi connectivity index (χ4n) is 2.29. The molecule has 20 heavy (non-hydrogen) atoms. The monoisotopic (exact) mass is 285 g/mol. The predicted octanol–water partition coefficient (Wildman–Crippen LogP) is 5.44. The van der Waals surface area contributed by atoms with E-state index >= 15 is 0 Å². The highest BCUT2D eigenvalue weighted by atomic mass is 35.5. The summed E-state index contributed by atoms with van der Waals surface area (Å²) in [7, 11) is 0. The lowest BCUT2D eigenvalue weighted by Gasteiger charge is -2.07. The summed E-state index contributed by atoms with van der Waals surface area (Å²) >= 11 is 6.10. The van der Waals surface area contributed by atoms with E-state index in [1.807, 2.05) is 0 Å². The van der Waals surface area contributed by atoms with Gasteiger partial charge < -0.3 is 4.57 Å². The number of benzene rings is 3. The number of hydrogen-bond acceptors (Lipinski definition) is 0. The number of hydrogen-bond donors (Lipinski definition) is 0. The Bertz CT molecular complexity index is 1230. The summed E-state index contributed by atoms with van der Waals surface area (Å²) in [5.41, 5.74) is 0.591. The number of halogens is 1. The van der Waals surface area contributed by atoms with Gasteiger partial charge in [-0.25, -0.2) is 0 Å². The SMILES string of the molecule is [2H]c1c([2H])c([2H])c2c(c1[2H])c1c([2H])c([2H])c([2H])c([2H])c1n2-c1cccc(Cl)c1. The van der Waals surface area contributed by atoms with E-state index < -0.39 is 24.2 Å². The third kappa shape index (κ3) is 1.64. The van der Waals surface area contributed by atoms with E-state index in [1.54, 1.807) is 24.3 Å². The van der Waals surface area contributed by atoms with Crippen LogP contribution in [0.3, 0.4) is 0 Å². The fraction of sp³-hybridized carbons (Fsp3) is 0. The van der Waals surface area contributed by atoms with Crippen molar-refractivity contribution in [2.24, 2.45) is 0 Å². The van der Waals surface area contributed by atoms with E-state index in [9.17, 15) is 0 Å². The normalized spacial score (nSPS) is 16.9. The number of nitrogens with zero attached hydrogens (tertiary/aromatic N) is 1. The molecule has 0 saturated carbocycles. The summed E-state index contributed by atoms with van der Waals surface area (Å²) in [4.78, 5) is 0. The first kappa shape index (κ1) is 6.02. The number of aromatic nitrogens is 1. The number of fused-ring (bicyclic) bond motifs is 3. The van der Waals surface area contributed by atoms with Gasteiger partial charge in [-0.3, -0.25) is 0 Å². The first-order valence-corrected chi connectivity index (χ1v) is 6.31. The second-order valence-electron chi connectivity index (χ2n) is 4.26. The Hall–Kier alpha value is -2.25. The molecule has 0 bridgehead atoms. The molecule has 0 aliphatic rings. The van der Waals surface area contributed by atoms with Gasteiger partial charge in [-0.2, -0.15) is 0 Å². The van der Waals surface area contributed by atoms with Crippen LogP contribution in [0.25, 0.3) is 27.5 Å². The quantitative estimate of drug-likeness (QED) is 0.439. The van der Waals surface area contributed by atoms with Crippen LogP contribution >= 0.6 is 11.6 Å². The van der Waals surface area contributed by atoms with Crippen LogP contribution in [0.1, 0.15) is 11.0 Å². The van der Waals surface area contributed by atoms with Gasteiger partial charge in [0.2, 0.25) is 0 Å². The smallest absolute Gasteiger partial charge is 0.0645 e. The lowest BCUT2D eigenvalue weighted by molar-refractivity contribution is 1.18. The molecule has 1 heterocycles. The van der Waals surface area contributed by atoms with Crippen LogP contribution in [0.15, 0.2) is 72.6 Å². The lowest BCUT2D eigenvalue weighted by Crippen LogP contribution is -1.92. The van der Waals surface area contributed by atoms with Crippen LogP contribution in [0.4, 0.5) is 0 Å². The Morgan fingerprint density at radius 1 is 0.850 bits per heavy atom. The van der Waals surface area contributed by atoms with Gasteiger partial charge in [-0.1, -0.05) is 53.9 Å². The van der Waals surface area contributed by atoms with Gasteiger partial charge in [0, 0.05) is 21.5 Å². The second-order valence-corrected chi connectivity index (χ2v) is 4.70. The molecule has 0 atom stereocenters. The highest BCUT2D eigenvalue weighted by Crippen LogP contribution is 2.32. The molecule has 0 spiro atoms. The molecule has 4 rings (SSSR count). The maximum absolute atomic E-state index is 8.39. The van der Waals surface area contributed by atoms with Crippen LogP contribution < -0.4 is 0 Å². The van der Waals surface area contributed by atoms with Gasteiger partial charge in [-0.05, 0) is 30.3 Å². The van der Waals surface area contributed by atoms with Crippen molar-refractivity contribution in [2.75, 3.05) is 0 Å². The van der Waals surface area contributed by atoms with E-state index in [-0.39, 0.29) is 46.0 Å². The minimum Gasteiger partial charge on any atom is -0.309 e. The summed E-state index contributed by atoms with van der Waals surface area (Å²) in [6.45, 7) is 0. The van der Waals surface area contributed by atoms with Crippen LogP contribution in [-0.4, -0.2) is 4.57 Å². The van der Waals surface area contributed by atoms with Gasteiger partial charge in [0.15, 0.2) is 0 Å². The van der Waals surface area contributed by atoms with Crippen LogP contribution in [-0.2, 0) is 0 Å². The van der Waals surface area contributed by atoms with Crippen molar-refractivity contribution in [3.63, 3.8) is 0 Å². The molecule has 0 unspecified atom stereocenters. The zero-order chi connectivity index (χ0) is 20.5. The molecular formula is C18H12ClN. The van der Waals surface area contributed by atoms with Gasteiger partial charge >= 0.3 is 0 Å².